The van der Waals surface area contributed by atoms with Crippen molar-refractivity contribution in [2.24, 2.45) is 0 Å². The summed E-state index contributed by atoms with van der Waals surface area (Å²) in [6.45, 7) is 4.46. The van der Waals surface area contributed by atoms with E-state index in [2.05, 4.69) is 6.58 Å². The van der Waals surface area contributed by atoms with Gasteiger partial charge in [0.15, 0.2) is 24.0 Å². The van der Waals surface area contributed by atoms with Crippen LogP contribution in [0.25, 0.3) is 0 Å². The zero-order valence-electron chi connectivity index (χ0n) is 19.6. The molecule has 186 valence electrons. The Morgan fingerprint density at radius 2 is 2.00 bits per heavy atom. The predicted octanol–water partition coefficient (Wildman–Crippen LogP) is 2.68. The maximum absolute atomic E-state index is 13.7. The molecule has 4 rings (SSSR count). The van der Waals surface area contributed by atoms with Crippen molar-refractivity contribution >= 4 is 17.7 Å². The van der Waals surface area contributed by atoms with E-state index in [1.165, 1.54) is 25.2 Å². The van der Waals surface area contributed by atoms with Crippen molar-refractivity contribution in [1.29, 1.82) is 0 Å². The van der Waals surface area contributed by atoms with Gasteiger partial charge in [0, 0.05) is 19.2 Å². The van der Waals surface area contributed by atoms with Crippen LogP contribution >= 0.6 is 0 Å². The zero-order chi connectivity index (χ0) is 24.2. The van der Waals surface area contributed by atoms with Crippen LogP contribution in [0.3, 0.4) is 0 Å². The van der Waals surface area contributed by atoms with Crippen molar-refractivity contribution in [3.63, 3.8) is 0 Å². The second kappa shape index (κ2) is 10.6. The van der Waals surface area contributed by atoms with Crippen LogP contribution in [-0.2, 0) is 14.2 Å². The van der Waals surface area contributed by atoms with E-state index < -0.39 is 30.8 Å². The molecular formula is C24H32N2O8. The highest BCUT2D eigenvalue weighted by Gasteiger charge is 2.48. The lowest BCUT2D eigenvalue weighted by molar-refractivity contribution is -0.201. The normalized spacial score (nSPS) is 26.7. The fourth-order valence-corrected chi connectivity index (χ4v) is 4.73. The Morgan fingerprint density at radius 1 is 1.24 bits per heavy atom. The van der Waals surface area contributed by atoms with E-state index in [9.17, 15) is 14.7 Å². The Balaban J connectivity index is 1.86. The van der Waals surface area contributed by atoms with Crippen LogP contribution in [0.5, 0.6) is 11.5 Å². The number of aliphatic hydroxyl groups excluding tert-OH is 1. The number of benzene rings is 1. The van der Waals surface area contributed by atoms with E-state index in [0.717, 1.165) is 12.8 Å². The number of aliphatic hydroxyl groups is 1. The number of hydrogen-bond acceptors (Lipinski definition) is 8. The van der Waals surface area contributed by atoms with Gasteiger partial charge in [0.2, 0.25) is 0 Å². The Kier molecular flexibility index (Phi) is 7.60. The molecule has 1 aromatic rings. The summed E-state index contributed by atoms with van der Waals surface area (Å²) in [5.74, 6) is 0.422. The summed E-state index contributed by atoms with van der Waals surface area (Å²) in [5, 5.41) is 10.5. The molecule has 3 heterocycles. The van der Waals surface area contributed by atoms with Gasteiger partial charge in [0.1, 0.15) is 6.61 Å². The number of carbonyl (C=O) groups is 2. The van der Waals surface area contributed by atoms with Crippen LogP contribution < -0.4 is 14.4 Å². The highest BCUT2D eigenvalue weighted by atomic mass is 16.7. The van der Waals surface area contributed by atoms with Crippen LogP contribution in [0.4, 0.5) is 10.5 Å². The minimum absolute atomic E-state index is 0.0183. The smallest absolute Gasteiger partial charge is 0.416 e. The zero-order valence-corrected chi connectivity index (χ0v) is 19.6. The number of hydrogen-bond donors (Lipinski definition) is 1. The van der Waals surface area contributed by atoms with Crippen molar-refractivity contribution < 1.29 is 38.4 Å². The molecule has 34 heavy (non-hydrogen) atoms. The monoisotopic (exact) mass is 476 g/mol. The highest BCUT2D eigenvalue weighted by molar-refractivity contribution is 6.06. The first-order valence-electron chi connectivity index (χ1n) is 11.6. The lowest BCUT2D eigenvalue weighted by Gasteiger charge is -2.43. The van der Waals surface area contributed by atoms with Crippen LogP contribution in [0, 0.1) is 0 Å². The second-order valence-electron chi connectivity index (χ2n) is 8.53. The number of methoxy groups -OCH3 is 2. The van der Waals surface area contributed by atoms with E-state index in [0.29, 0.717) is 37.5 Å². The van der Waals surface area contributed by atoms with Gasteiger partial charge in [-0.25, -0.2) is 9.69 Å². The third kappa shape index (κ3) is 4.70. The summed E-state index contributed by atoms with van der Waals surface area (Å²) in [6.07, 6.45) is 1.83. The second-order valence-corrected chi connectivity index (χ2v) is 8.53. The van der Waals surface area contributed by atoms with Crippen molar-refractivity contribution in [1.82, 2.24) is 4.90 Å². The average molecular weight is 477 g/mol. The molecule has 2 amide bonds. The third-order valence-corrected chi connectivity index (χ3v) is 6.40. The molecule has 0 spiro atoms. The molecule has 10 nitrogen and oxygen atoms in total. The number of fused-ring (bicyclic) bond motifs is 2. The number of carbonyl (C=O) groups excluding carboxylic acids is 2. The van der Waals surface area contributed by atoms with Crippen molar-refractivity contribution in [3.05, 3.63) is 30.4 Å². The molecule has 1 N–H and O–H groups in total. The number of piperidine rings is 1. The van der Waals surface area contributed by atoms with Gasteiger partial charge in [-0.2, -0.15) is 0 Å². The summed E-state index contributed by atoms with van der Waals surface area (Å²) in [5.41, 5.74) is 0.534. The first-order valence-corrected chi connectivity index (χ1v) is 11.6. The van der Waals surface area contributed by atoms with Gasteiger partial charge in [-0.05, 0) is 38.2 Å². The van der Waals surface area contributed by atoms with Gasteiger partial charge >= 0.3 is 6.09 Å². The van der Waals surface area contributed by atoms with E-state index in [-0.39, 0.29) is 30.2 Å². The summed E-state index contributed by atoms with van der Waals surface area (Å²) < 4.78 is 28.5. The Hall–Kier alpha value is -2.82. The van der Waals surface area contributed by atoms with Gasteiger partial charge in [0.25, 0.3) is 5.91 Å². The van der Waals surface area contributed by atoms with Gasteiger partial charge < -0.3 is 33.7 Å². The van der Waals surface area contributed by atoms with E-state index in [1.54, 1.807) is 17.0 Å². The molecule has 3 unspecified atom stereocenters. The van der Waals surface area contributed by atoms with E-state index >= 15 is 0 Å². The maximum Gasteiger partial charge on any atom is 0.416 e. The quantitative estimate of drug-likeness (QED) is 0.625. The van der Waals surface area contributed by atoms with E-state index in [1.807, 2.05) is 0 Å². The molecular weight excluding hydrogens is 444 g/mol. The molecule has 0 radical (unpaired) electrons. The molecule has 4 atom stereocenters. The lowest BCUT2D eigenvalue weighted by Crippen LogP contribution is -2.59. The van der Waals surface area contributed by atoms with Crippen molar-refractivity contribution in [3.8, 4) is 11.5 Å². The van der Waals surface area contributed by atoms with Crippen LogP contribution in [-0.4, -0.2) is 80.6 Å². The summed E-state index contributed by atoms with van der Waals surface area (Å²) in [4.78, 5) is 30.1. The SMILES string of the molecule is C=CCOC(=O)N1c2cc(OC)c(OC)cc2C(=O)N2CC[C@@H](O)CC2C1OC1CCCCO1. The van der Waals surface area contributed by atoms with Crippen molar-refractivity contribution in [2.75, 3.05) is 38.9 Å². The molecule has 0 aliphatic carbocycles. The van der Waals surface area contributed by atoms with Crippen LogP contribution in [0.15, 0.2) is 24.8 Å². The fourth-order valence-electron chi connectivity index (χ4n) is 4.73. The topological polar surface area (TPSA) is 107 Å². The molecule has 10 heteroatoms. The average Bonchev–Trinajstić information content (AvgIpc) is 2.95. The Morgan fingerprint density at radius 3 is 2.68 bits per heavy atom. The number of rotatable bonds is 6. The first kappa shape index (κ1) is 24.3. The molecule has 3 aliphatic rings. The van der Waals surface area contributed by atoms with Gasteiger partial charge in [-0.15, -0.1) is 0 Å². The first-order chi connectivity index (χ1) is 16.5. The number of ether oxygens (including phenoxy) is 5. The largest absolute Gasteiger partial charge is 0.493 e. The summed E-state index contributed by atoms with van der Waals surface area (Å²) >= 11 is 0. The number of anilines is 1. The van der Waals surface area contributed by atoms with E-state index in [4.69, 9.17) is 23.7 Å². The molecule has 0 bridgehead atoms. The van der Waals surface area contributed by atoms with Crippen LogP contribution in [0.2, 0.25) is 0 Å². The number of amides is 2. The summed E-state index contributed by atoms with van der Waals surface area (Å²) in [6, 6.07) is 2.53. The predicted molar refractivity (Wildman–Crippen MR) is 122 cm³/mol. The third-order valence-electron chi connectivity index (χ3n) is 6.40. The number of nitrogens with zero attached hydrogens (tertiary/aromatic N) is 2. The van der Waals surface area contributed by atoms with Crippen molar-refractivity contribution in [2.45, 2.75) is 56.8 Å². The minimum Gasteiger partial charge on any atom is -0.493 e. The van der Waals surface area contributed by atoms with Gasteiger partial charge in [-0.3, -0.25) is 4.79 Å². The lowest BCUT2D eigenvalue weighted by atomic mass is 9.97. The molecule has 0 aromatic heterocycles. The molecule has 2 saturated heterocycles. The molecule has 1 aromatic carbocycles. The Labute approximate surface area is 198 Å². The highest BCUT2D eigenvalue weighted by Crippen LogP contribution is 2.42. The minimum atomic E-state index is -0.946. The molecule has 3 aliphatic heterocycles. The fraction of sp³-hybridized carbons (Fsp3) is 0.583. The van der Waals surface area contributed by atoms with Gasteiger partial charge in [-0.1, -0.05) is 12.7 Å². The Bertz CT molecular complexity index is 916. The molecule has 0 saturated carbocycles. The van der Waals surface area contributed by atoms with Gasteiger partial charge in [0.05, 0.1) is 37.6 Å². The maximum atomic E-state index is 13.7. The molecule has 2 fully saturated rings. The standard InChI is InChI=1S/C24H32N2O8/c1-4-10-33-24(29)26-17-14-20(31-3)19(30-2)13-16(17)22(28)25-9-8-15(27)12-18(25)23(26)34-21-7-5-6-11-32-21/h4,13-15,18,21,23,27H,1,5-12H2,2-3H3/t15-,18?,21?,23?/m1/s1. The summed E-state index contributed by atoms with van der Waals surface area (Å²) in [7, 11) is 2.96. The van der Waals surface area contributed by atoms with Crippen LogP contribution in [0.1, 0.15) is 42.5 Å².